The van der Waals surface area contributed by atoms with Gasteiger partial charge in [-0.15, -0.1) is 0 Å². The van der Waals surface area contributed by atoms with E-state index in [4.69, 9.17) is 5.26 Å². The van der Waals surface area contributed by atoms with Crippen molar-refractivity contribution < 1.29 is 0 Å². The van der Waals surface area contributed by atoms with Crippen molar-refractivity contribution >= 4 is 0 Å². The zero-order valence-electron chi connectivity index (χ0n) is 15.6. The monoisotopic (exact) mass is 334 g/mol. The molecule has 132 valence electrons. The lowest BCUT2D eigenvalue weighted by molar-refractivity contribution is 0.118. The second kappa shape index (κ2) is 10.7. The van der Waals surface area contributed by atoms with Crippen molar-refractivity contribution in [2.75, 3.05) is 0 Å². The van der Waals surface area contributed by atoms with Gasteiger partial charge in [0.1, 0.15) is 0 Å². The molecule has 0 fully saturated rings. The first-order chi connectivity index (χ1) is 12.3. The summed E-state index contributed by atoms with van der Waals surface area (Å²) in [7, 11) is 0. The summed E-state index contributed by atoms with van der Waals surface area (Å²) in [5, 5.41) is 9.10. The zero-order chi connectivity index (χ0) is 17.9. The number of nitrogens with zero attached hydrogens (tertiary/aromatic N) is 2. The molecular formula is C23H30N2. The zero-order valence-corrected chi connectivity index (χ0v) is 15.6. The second-order valence-corrected chi connectivity index (χ2v) is 6.74. The van der Waals surface area contributed by atoms with Gasteiger partial charge < -0.3 is 0 Å². The second-order valence-electron chi connectivity index (χ2n) is 6.74. The van der Waals surface area contributed by atoms with Crippen molar-refractivity contribution in [1.82, 2.24) is 4.90 Å². The largest absolute Gasteiger partial charge is 0.289 e. The van der Waals surface area contributed by atoms with E-state index < -0.39 is 0 Å². The van der Waals surface area contributed by atoms with Crippen molar-refractivity contribution in [3.8, 4) is 6.07 Å². The molecule has 0 saturated carbocycles. The maximum atomic E-state index is 9.10. The van der Waals surface area contributed by atoms with E-state index in [9.17, 15) is 0 Å². The molecule has 2 nitrogen and oxygen atoms in total. The van der Waals surface area contributed by atoms with Crippen LogP contribution in [0.2, 0.25) is 0 Å². The van der Waals surface area contributed by atoms with Gasteiger partial charge >= 0.3 is 0 Å². The van der Waals surface area contributed by atoms with E-state index >= 15 is 0 Å². The van der Waals surface area contributed by atoms with Crippen LogP contribution in [0.5, 0.6) is 0 Å². The summed E-state index contributed by atoms with van der Waals surface area (Å²) in [6, 6.07) is 24.5. The average Bonchev–Trinajstić information content (AvgIpc) is 2.67. The highest BCUT2D eigenvalue weighted by atomic mass is 15.2. The van der Waals surface area contributed by atoms with Gasteiger partial charge in [-0.2, -0.15) is 5.26 Å². The lowest BCUT2D eigenvalue weighted by Gasteiger charge is -2.37. The molecular weight excluding hydrogens is 304 g/mol. The summed E-state index contributed by atoms with van der Waals surface area (Å²) >= 11 is 0. The summed E-state index contributed by atoms with van der Waals surface area (Å²) in [5.41, 5.74) is 2.68. The molecule has 1 unspecified atom stereocenters. The smallest absolute Gasteiger partial charge is 0.0622 e. The molecule has 0 amide bonds. The fourth-order valence-electron chi connectivity index (χ4n) is 3.45. The van der Waals surface area contributed by atoms with Crippen molar-refractivity contribution in [2.45, 2.75) is 64.6 Å². The first kappa shape index (κ1) is 19.2. The standard InChI is InChI=1S/C23H30N2/c1-3-4-16-23(17-11-18-24)25(19-21-12-7-5-8-13-21)20(2)22-14-9-6-10-15-22/h5-10,12-15,20,23H,3-4,11,16-17,19H2,1-2H3/t20-,23?/m0/s1. The number of unbranched alkanes of at least 4 members (excludes halogenated alkanes) is 1. The van der Waals surface area contributed by atoms with E-state index in [0.717, 1.165) is 19.4 Å². The van der Waals surface area contributed by atoms with Gasteiger partial charge in [-0.1, -0.05) is 80.4 Å². The summed E-state index contributed by atoms with van der Waals surface area (Å²) in [5.74, 6) is 0. The lowest BCUT2D eigenvalue weighted by Crippen LogP contribution is -2.37. The van der Waals surface area contributed by atoms with Crippen molar-refractivity contribution in [1.29, 1.82) is 5.26 Å². The van der Waals surface area contributed by atoms with Crippen LogP contribution in [0.1, 0.15) is 63.1 Å². The Morgan fingerprint density at radius 1 is 0.960 bits per heavy atom. The van der Waals surface area contributed by atoms with Crippen LogP contribution in [-0.2, 0) is 6.54 Å². The maximum Gasteiger partial charge on any atom is 0.0622 e. The van der Waals surface area contributed by atoms with Crippen LogP contribution in [0.4, 0.5) is 0 Å². The van der Waals surface area contributed by atoms with Gasteiger partial charge in [0, 0.05) is 25.0 Å². The van der Waals surface area contributed by atoms with Gasteiger partial charge in [0.2, 0.25) is 0 Å². The van der Waals surface area contributed by atoms with Crippen LogP contribution in [0.3, 0.4) is 0 Å². The molecule has 2 rings (SSSR count). The van der Waals surface area contributed by atoms with Crippen LogP contribution >= 0.6 is 0 Å². The Labute approximate surface area is 153 Å². The molecule has 2 heteroatoms. The highest BCUT2D eigenvalue weighted by Gasteiger charge is 2.24. The van der Waals surface area contributed by atoms with E-state index in [2.05, 4.69) is 85.5 Å². The molecule has 0 spiro atoms. The Bertz CT molecular complexity index is 630. The van der Waals surface area contributed by atoms with E-state index in [1.54, 1.807) is 0 Å². The third-order valence-electron chi connectivity index (χ3n) is 4.94. The summed E-state index contributed by atoms with van der Waals surface area (Å²) in [4.78, 5) is 2.59. The minimum atomic E-state index is 0.335. The summed E-state index contributed by atoms with van der Waals surface area (Å²) in [6.07, 6.45) is 5.13. The van der Waals surface area contributed by atoms with E-state index in [0.29, 0.717) is 18.5 Å². The number of hydrogen-bond donors (Lipinski definition) is 0. The Kier molecular flexibility index (Phi) is 8.22. The van der Waals surface area contributed by atoms with Crippen molar-refractivity contribution in [3.05, 3.63) is 71.8 Å². The summed E-state index contributed by atoms with van der Waals surface area (Å²) in [6.45, 7) is 5.46. The van der Waals surface area contributed by atoms with Crippen LogP contribution in [0, 0.1) is 11.3 Å². The average molecular weight is 335 g/mol. The Morgan fingerprint density at radius 3 is 2.20 bits per heavy atom. The minimum Gasteiger partial charge on any atom is -0.289 e. The first-order valence-electron chi connectivity index (χ1n) is 9.47. The number of rotatable bonds is 10. The lowest BCUT2D eigenvalue weighted by atomic mass is 9.97. The van der Waals surface area contributed by atoms with E-state index in [1.807, 2.05) is 0 Å². The molecule has 2 atom stereocenters. The maximum absolute atomic E-state index is 9.10. The predicted molar refractivity (Wildman–Crippen MR) is 105 cm³/mol. The topological polar surface area (TPSA) is 27.0 Å². The van der Waals surface area contributed by atoms with Crippen molar-refractivity contribution in [2.24, 2.45) is 0 Å². The van der Waals surface area contributed by atoms with Crippen molar-refractivity contribution in [3.63, 3.8) is 0 Å². The SMILES string of the molecule is CCCCC(CCC#N)N(Cc1ccccc1)[C@@H](C)c1ccccc1. The number of nitriles is 1. The molecule has 0 aromatic heterocycles. The van der Waals surface area contributed by atoms with Gasteiger partial charge in [0.25, 0.3) is 0 Å². The number of benzene rings is 2. The molecule has 0 saturated heterocycles. The summed E-state index contributed by atoms with van der Waals surface area (Å²) < 4.78 is 0. The van der Waals surface area contributed by atoms with Crippen LogP contribution in [-0.4, -0.2) is 10.9 Å². The molecule has 0 aliphatic rings. The highest BCUT2D eigenvalue weighted by Crippen LogP contribution is 2.28. The molecule has 2 aromatic carbocycles. The normalized spacial score (nSPS) is 13.4. The Hall–Kier alpha value is -2.11. The van der Waals surface area contributed by atoms with Gasteiger partial charge in [-0.25, -0.2) is 0 Å². The molecule has 0 heterocycles. The Balaban J connectivity index is 2.26. The molecule has 0 bridgehead atoms. The van der Waals surface area contributed by atoms with E-state index in [-0.39, 0.29) is 0 Å². The van der Waals surface area contributed by atoms with Gasteiger partial charge in [0.05, 0.1) is 6.07 Å². The molecule has 2 aromatic rings. The van der Waals surface area contributed by atoms with Gasteiger partial charge in [-0.3, -0.25) is 4.90 Å². The fraction of sp³-hybridized carbons (Fsp3) is 0.435. The minimum absolute atomic E-state index is 0.335. The quantitative estimate of drug-likeness (QED) is 0.524. The fourth-order valence-corrected chi connectivity index (χ4v) is 3.45. The molecule has 0 N–H and O–H groups in total. The Morgan fingerprint density at radius 2 is 1.60 bits per heavy atom. The molecule has 0 aliphatic heterocycles. The van der Waals surface area contributed by atoms with Gasteiger partial charge in [-0.05, 0) is 30.9 Å². The first-order valence-corrected chi connectivity index (χ1v) is 9.47. The van der Waals surface area contributed by atoms with Crippen LogP contribution in [0.15, 0.2) is 60.7 Å². The van der Waals surface area contributed by atoms with E-state index in [1.165, 1.54) is 24.0 Å². The molecule has 0 radical (unpaired) electrons. The van der Waals surface area contributed by atoms with Crippen LogP contribution in [0.25, 0.3) is 0 Å². The number of hydrogen-bond acceptors (Lipinski definition) is 2. The molecule has 25 heavy (non-hydrogen) atoms. The molecule has 0 aliphatic carbocycles. The predicted octanol–water partition coefficient (Wildman–Crippen LogP) is 6.11. The third kappa shape index (κ3) is 6.03. The third-order valence-corrected chi connectivity index (χ3v) is 4.94. The van der Waals surface area contributed by atoms with Gasteiger partial charge in [0.15, 0.2) is 0 Å². The highest BCUT2D eigenvalue weighted by molar-refractivity contribution is 5.20. The van der Waals surface area contributed by atoms with Crippen LogP contribution < -0.4 is 0 Å².